The molecule has 0 unspecified atom stereocenters. The summed E-state index contributed by atoms with van der Waals surface area (Å²) in [5.74, 6) is 0. The Kier molecular flexibility index (Phi) is 51.5. The van der Waals surface area contributed by atoms with E-state index in [-0.39, 0.29) is 88.7 Å². The topological polar surface area (TPSA) is 69.2 Å². The third-order valence-corrected chi connectivity index (χ3v) is 0. The summed E-state index contributed by atoms with van der Waals surface area (Å²) in [6, 6.07) is 0. The van der Waals surface area contributed by atoms with Crippen molar-refractivity contribution < 1.29 is 103 Å². The molecule has 7 heteroatoms. The van der Waals surface area contributed by atoms with Crippen LogP contribution in [-0.4, -0.2) is 9.53 Å². The van der Waals surface area contributed by atoms with Crippen LogP contribution in [0.3, 0.4) is 0 Å². The van der Waals surface area contributed by atoms with E-state index < -0.39 is 9.53 Å². The molecular weight excluding hydrogens is 145 g/mol. The largest absolute Gasteiger partial charge is 1.00 e. The normalized spacial score (nSPS) is 5.14. The first-order chi connectivity index (χ1) is 1.73. The van der Waals surface area contributed by atoms with Crippen LogP contribution >= 0.6 is 0 Å². The number of rotatable bonds is 0. The Morgan fingerprint density at radius 1 is 0.714 bits per heavy atom. The van der Waals surface area contributed by atoms with Crippen molar-refractivity contribution >= 4 is 9.53 Å². The molecule has 7 heavy (non-hydrogen) atoms. The minimum atomic E-state index is -3.89. The summed E-state index contributed by atoms with van der Waals surface area (Å²) in [6.45, 7) is 0. The molecule has 0 aliphatic carbocycles. The molecule has 0 aromatic carbocycles. The van der Waals surface area contributed by atoms with Gasteiger partial charge in [0.05, 0.1) is 0 Å². The van der Waals surface area contributed by atoms with Gasteiger partial charge < -0.3 is 23.9 Å². The summed E-state index contributed by atoms with van der Waals surface area (Å²) >= 11 is 0. The van der Waals surface area contributed by atoms with Crippen LogP contribution in [0.2, 0.25) is 0 Å². The van der Waals surface area contributed by atoms with Gasteiger partial charge in [-0.15, -0.1) is 0 Å². The van der Waals surface area contributed by atoms with Gasteiger partial charge in [0, 0.05) is 0 Å². The van der Waals surface area contributed by atoms with Gasteiger partial charge in [0.1, 0.15) is 0 Å². The fraction of sp³-hybridized carbons (Fsp3) is 0. The Labute approximate surface area is 110 Å². The van der Waals surface area contributed by atoms with Crippen molar-refractivity contribution in [1.29, 1.82) is 0 Å². The van der Waals surface area contributed by atoms with Gasteiger partial charge in [0.2, 0.25) is 0 Å². The average Bonchev–Trinajstić information content (AvgIpc) is 0.811. The maximum Gasteiger partial charge on any atom is 1.00 e. The van der Waals surface area contributed by atoms with Gasteiger partial charge in [-0.1, -0.05) is 0 Å². The number of hydrogen-bond acceptors (Lipinski definition) is 3. The maximum atomic E-state index is 8.56. The molecule has 0 bridgehead atoms. The Morgan fingerprint density at radius 3 is 0.714 bits per heavy atom. The van der Waals surface area contributed by atoms with Crippen molar-refractivity contribution in [1.82, 2.24) is 0 Å². The summed E-state index contributed by atoms with van der Waals surface area (Å²) in [4.78, 5) is 25.7. The molecule has 0 aliphatic heterocycles. The fourth-order valence-corrected chi connectivity index (χ4v) is 0. The molecule has 0 heterocycles. The summed E-state index contributed by atoms with van der Waals surface area (Å²) in [7, 11) is -3.89. The molecule has 0 fully saturated rings. The van der Waals surface area contributed by atoms with Gasteiger partial charge in [0.25, 0.3) is 0 Å². The van der Waals surface area contributed by atoms with Crippen molar-refractivity contribution in [3.05, 3.63) is 0 Å². The first-order valence-corrected chi connectivity index (χ1v) is 2.12. The second kappa shape index (κ2) is 16.0. The monoisotopic (exact) mass is 146 g/mol. The molecule has 0 rings (SSSR count). The molecule has 0 aromatic heterocycles. The van der Waals surface area contributed by atoms with Gasteiger partial charge in [-0.2, -0.15) is 0 Å². The van der Waals surface area contributed by atoms with Crippen molar-refractivity contribution in [2.75, 3.05) is 0 Å². The minimum Gasteiger partial charge on any atom is -0.884 e. The van der Waals surface area contributed by atoms with Crippen molar-refractivity contribution in [3.63, 3.8) is 0 Å². The smallest absolute Gasteiger partial charge is 0.884 e. The molecule has 0 atom stereocenters. The molecule has 3 nitrogen and oxygen atoms in total. The van der Waals surface area contributed by atoms with Crippen LogP contribution in [0.5, 0.6) is 0 Å². The second-order valence-electron chi connectivity index (χ2n) is 0.289. The van der Waals surface area contributed by atoms with Gasteiger partial charge >= 0.3 is 88.7 Å². The zero-order chi connectivity index (χ0) is 3.58. The molecule has 0 saturated heterocycles. The van der Waals surface area contributed by atoms with Gasteiger partial charge in [-0.3, -0.25) is 0 Å². The summed E-state index contributed by atoms with van der Waals surface area (Å²) in [6.07, 6.45) is 0. The molecule has 0 amide bonds. The van der Waals surface area contributed by atoms with Gasteiger partial charge in [-0.25, -0.2) is 0 Å². The Balaban J connectivity index is -0.0000000150. The van der Waals surface area contributed by atoms with Crippen molar-refractivity contribution in [3.8, 4) is 0 Å². The van der Waals surface area contributed by atoms with E-state index in [0.29, 0.717) is 0 Å². The van der Waals surface area contributed by atoms with Crippen molar-refractivity contribution in [2.45, 2.75) is 0 Å². The van der Waals surface area contributed by atoms with E-state index in [2.05, 4.69) is 0 Å². The Hall–Kier alpha value is 3.10. The minimum absolute atomic E-state index is 0. The Bertz CT molecular complexity index is 14.9. The van der Waals surface area contributed by atoms with Crippen LogP contribution in [0, 0.1) is 0 Å². The van der Waals surface area contributed by atoms with E-state index in [1.807, 2.05) is 0 Å². The van der Waals surface area contributed by atoms with Gasteiger partial charge in [0.15, 0.2) is 0 Å². The molecule has 0 radical (unpaired) electrons. The first kappa shape index (κ1) is 22.5. The molecule has 0 saturated carbocycles. The number of hydrogen-bond donors (Lipinski definition) is 0. The van der Waals surface area contributed by atoms with E-state index in [9.17, 15) is 0 Å². The molecule has 0 N–H and O–H groups in total. The summed E-state index contributed by atoms with van der Waals surface area (Å²) in [5.41, 5.74) is 0. The average molecular weight is 146 g/mol. The van der Waals surface area contributed by atoms with Gasteiger partial charge in [-0.05, 0) is 0 Å². The molecular formula is HNa3O3Si. The molecule has 0 aromatic rings. The molecule has 26 valence electrons. The summed E-state index contributed by atoms with van der Waals surface area (Å²) < 4.78 is 0. The predicted octanol–water partition coefficient (Wildman–Crippen LogP) is -13.2. The maximum absolute atomic E-state index is 8.56. The molecule has 0 spiro atoms. The van der Waals surface area contributed by atoms with E-state index in [4.69, 9.17) is 14.4 Å². The Morgan fingerprint density at radius 2 is 0.714 bits per heavy atom. The standard InChI is InChI=1S/3Na.HO3Si/c;;;1-4(2)3/h;;;4H/q3*+1;-3. The summed E-state index contributed by atoms with van der Waals surface area (Å²) in [5, 5.41) is 0. The van der Waals surface area contributed by atoms with Crippen LogP contribution in [0.25, 0.3) is 0 Å². The SMILES string of the molecule is [Na+].[Na+].[Na+].[O-][SiH]([O-])[O-]. The predicted molar refractivity (Wildman–Crippen MR) is 7.15 cm³/mol. The van der Waals surface area contributed by atoms with Crippen LogP contribution in [-0.2, 0) is 0 Å². The third kappa shape index (κ3) is 47.8. The third-order valence-electron chi connectivity index (χ3n) is 0. The van der Waals surface area contributed by atoms with Crippen LogP contribution in [0.1, 0.15) is 0 Å². The van der Waals surface area contributed by atoms with E-state index in [1.54, 1.807) is 0 Å². The zero-order valence-corrected chi connectivity index (χ0v) is 12.0. The first-order valence-electron chi connectivity index (χ1n) is 0.707. The molecule has 0 aliphatic rings. The fourth-order valence-electron chi connectivity index (χ4n) is 0. The van der Waals surface area contributed by atoms with E-state index in [1.165, 1.54) is 0 Å². The van der Waals surface area contributed by atoms with Crippen molar-refractivity contribution in [2.24, 2.45) is 0 Å². The second-order valence-corrected chi connectivity index (χ2v) is 0.866. The van der Waals surface area contributed by atoms with E-state index >= 15 is 0 Å². The zero-order valence-electron chi connectivity index (χ0n) is 4.80. The van der Waals surface area contributed by atoms with E-state index in [0.717, 1.165) is 0 Å². The van der Waals surface area contributed by atoms with Crippen LogP contribution in [0.15, 0.2) is 0 Å². The quantitative estimate of drug-likeness (QED) is 0.318. The van der Waals surface area contributed by atoms with Crippen LogP contribution in [0.4, 0.5) is 0 Å². The van der Waals surface area contributed by atoms with Crippen LogP contribution < -0.4 is 103 Å².